The summed E-state index contributed by atoms with van der Waals surface area (Å²) in [4.78, 5) is 2.58. The molecule has 0 spiro atoms. The Morgan fingerprint density at radius 2 is 1.84 bits per heavy atom. The molecule has 108 valence electrons. The smallest absolute Gasteiger partial charge is 0.0672 e. The molecule has 0 bridgehead atoms. The first-order valence-corrected chi connectivity index (χ1v) is 8.21. The van der Waals surface area contributed by atoms with Gasteiger partial charge < -0.3 is 10.2 Å². The molecule has 0 aromatic heterocycles. The average Bonchev–Trinajstić information content (AvgIpc) is 2.66. The number of rotatable bonds is 4. The number of hydrogen-bond donors (Lipinski definition) is 1. The fourth-order valence-electron chi connectivity index (χ4n) is 3.60. The van der Waals surface area contributed by atoms with E-state index in [0.717, 1.165) is 6.42 Å². The Morgan fingerprint density at radius 3 is 2.53 bits per heavy atom. The second-order valence-corrected chi connectivity index (χ2v) is 6.26. The molecule has 1 aliphatic heterocycles. The van der Waals surface area contributed by atoms with Gasteiger partial charge in [-0.05, 0) is 51.7 Å². The van der Waals surface area contributed by atoms with Crippen molar-refractivity contribution in [3.05, 3.63) is 0 Å². The third kappa shape index (κ3) is 4.47. The molecule has 0 aromatic carbocycles. The van der Waals surface area contributed by atoms with Gasteiger partial charge in [-0.15, -0.1) is 0 Å². The van der Waals surface area contributed by atoms with Crippen LogP contribution in [0.3, 0.4) is 0 Å². The van der Waals surface area contributed by atoms with Gasteiger partial charge in [-0.25, -0.2) is 0 Å². The molecule has 2 rings (SSSR count). The van der Waals surface area contributed by atoms with Gasteiger partial charge in [0.15, 0.2) is 0 Å². The maximum absolute atomic E-state index is 9.33. The van der Waals surface area contributed by atoms with Crippen LogP contribution in [-0.2, 0) is 0 Å². The zero-order chi connectivity index (χ0) is 13.5. The molecule has 2 atom stereocenters. The number of piperidine rings is 1. The summed E-state index contributed by atoms with van der Waals surface area (Å²) in [6.07, 6.45) is 9.93. The zero-order valence-electron chi connectivity index (χ0n) is 12.4. The fourth-order valence-corrected chi connectivity index (χ4v) is 3.60. The standard InChI is InChI=1S/C16H29N3/c1-2-10-19-11-8-15(9-12-19)18-16-7-5-3-4-6-14(16)13-17/h14-16,18H,2-12H2,1H3. The van der Waals surface area contributed by atoms with Gasteiger partial charge in [0.25, 0.3) is 0 Å². The van der Waals surface area contributed by atoms with Crippen LogP contribution in [0.4, 0.5) is 0 Å². The van der Waals surface area contributed by atoms with Crippen molar-refractivity contribution >= 4 is 0 Å². The summed E-state index contributed by atoms with van der Waals surface area (Å²) < 4.78 is 0. The predicted octanol–water partition coefficient (Wildman–Crippen LogP) is 2.92. The van der Waals surface area contributed by atoms with Crippen molar-refractivity contribution in [2.24, 2.45) is 5.92 Å². The molecule has 1 heterocycles. The summed E-state index contributed by atoms with van der Waals surface area (Å²) in [5.74, 6) is 0.246. The van der Waals surface area contributed by atoms with Gasteiger partial charge in [0, 0.05) is 12.1 Å². The molecular formula is C16H29N3. The van der Waals surface area contributed by atoms with E-state index in [0.29, 0.717) is 12.1 Å². The second-order valence-electron chi connectivity index (χ2n) is 6.26. The lowest BCUT2D eigenvalue weighted by atomic mass is 9.94. The average molecular weight is 263 g/mol. The van der Waals surface area contributed by atoms with Crippen LogP contribution in [0.25, 0.3) is 0 Å². The fraction of sp³-hybridized carbons (Fsp3) is 0.938. The zero-order valence-corrected chi connectivity index (χ0v) is 12.4. The van der Waals surface area contributed by atoms with Crippen LogP contribution >= 0.6 is 0 Å². The first-order valence-electron chi connectivity index (χ1n) is 8.21. The van der Waals surface area contributed by atoms with E-state index in [1.54, 1.807) is 0 Å². The van der Waals surface area contributed by atoms with Crippen LogP contribution in [-0.4, -0.2) is 36.6 Å². The van der Waals surface area contributed by atoms with Gasteiger partial charge in [0.05, 0.1) is 12.0 Å². The van der Waals surface area contributed by atoms with Crippen molar-refractivity contribution in [2.75, 3.05) is 19.6 Å². The molecular weight excluding hydrogens is 234 g/mol. The lowest BCUT2D eigenvalue weighted by Gasteiger charge is -2.35. The first kappa shape index (κ1) is 14.8. The highest BCUT2D eigenvalue weighted by atomic mass is 15.1. The van der Waals surface area contributed by atoms with Gasteiger partial charge in [-0.3, -0.25) is 0 Å². The van der Waals surface area contributed by atoms with Crippen LogP contribution < -0.4 is 5.32 Å². The lowest BCUT2D eigenvalue weighted by molar-refractivity contribution is 0.184. The normalized spacial score (nSPS) is 30.7. The minimum absolute atomic E-state index is 0.246. The Kier molecular flexibility index (Phi) is 6.13. The van der Waals surface area contributed by atoms with E-state index in [2.05, 4.69) is 23.2 Å². The third-order valence-electron chi connectivity index (χ3n) is 4.76. The maximum atomic E-state index is 9.33. The van der Waals surface area contributed by atoms with Gasteiger partial charge >= 0.3 is 0 Å². The number of nitrogens with zero attached hydrogens (tertiary/aromatic N) is 2. The molecule has 0 amide bonds. The topological polar surface area (TPSA) is 39.1 Å². The number of likely N-dealkylation sites (tertiary alicyclic amines) is 1. The summed E-state index contributed by atoms with van der Waals surface area (Å²) in [7, 11) is 0. The summed E-state index contributed by atoms with van der Waals surface area (Å²) in [6, 6.07) is 3.64. The van der Waals surface area contributed by atoms with Crippen molar-refractivity contribution in [2.45, 2.75) is 70.4 Å². The summed E-state index contributed by atoms with van der Waals surface area (Å²) in [5, 5.41) is 13.1. The van der Waals surface area contributed by atoms with Crippen molar-refractivity contribution in [3.63, 3.8) is 0 Å². The molecule has 2 unspecified atom stereocenters. The van der Waals surface area contributed by atoms with Crippen molar-refractivity contribution in [3.8, 4) is 6.07 Å². The monoisotopic (exact) mass is 263 g/mol. The highest BCUT2D eigenvalue weighted by Crippen LogP contribution is 2.24. The molecule has 1 aliphatic carbocycles. The molecule has 3 heteroatoms. The Morgan fingerprint density at radius 1 is 1.11 bits per heavy atom. The third-order valence-corrected chi connectivity index (χ3v) is 4.76. The Bertz CT molecular complexity index is 289. The van der Waals surface area contributed by atoms with E-state index in [9.17, 15) is 5.26 Å². The molecule has 1 saturated heterocycles. The number of hydrogen-bond acceptors (Lipinski definition) is 3. The predicted molar refractivity (Wildman–Crippen MR) is 78.9 cm³/mol. The highest BCUT2D eigenvalue weighted by molar-refractivity contribution is 4.95. The molecule has 0 radical (unpaired) electrons. The molecule has 2 fully saturated rings. The minimum Gasteiger partial charge on any atom is -0.310 e. The van der Waals surface area contributed by atoms with Gasteiger partial charge in [-0.1, -0.05) is 26.2 Å². The molecule has 1 saturated carbocycles. The van der Waals surface area contributed by atoms with E-state index in [1.165, 1.54) is 64.6 Å². The highest BCUT2D eigenvalue weighted by Gasteiger charge is 2.27. The molecule has 1 N–H and O–H groups in total. The van der Waals surface area contributed by atoms with E-state index in [1.807, 2.05) is 0 Å². The van der Waals surface area contributed by atoms with Crippen LogP contribution in [0.15, 0.2) is 0 Å². The summed E-state index contributed by atoms with van der Waals surface area (Å²) >= 11 is 0. The summed E-state index contributed by atoms with van der Waals surface area (Å²) in [6.45, 7) is 5.97. The first-order chi connectivity index (χ1) is 9.33. The van der Waals surface area contributed by atoms with Crippen LogP contribution in [0.2, 0.25) is 0 Å². The molecule has 2 aliphatic rings. The quantitative estimate of drug-likeness (QED) is 0.793. The van der Waals surface area contributed by atoms with E-state index in [-0.39, 0.29) is 5.92 Å². The Hall–Kier alpha value is -0.590. The van der Waals surface area contributed by atoms with Crippen molar-refractivity contribution in [1.29, 1.82) is 5.26 Å². The SMILES string of the molecule is CCCN1CCC(NC2CCCCCC2C#N)CC1. The number of nitrogens with one attached hydrogen (secondary N) is 1. The Balaban J connectivity index is 1.78. The van der Waals surface area contributed by atoms with Crippen LogP contribution in [0, 0.1) is 17.2 Å². The van der Waals surface area contributed by atoms with Crippen molar-refractivity contribution < 1.29 is 0 Å². The van der Waals surface area contributed by atoms with Crippen LogP contribution in [0.1, 0.15) is 58.3 Å². The van der Waals surface area contributed by atoms with E-state index in [4.69, 9.17) is 0 Å². The van der Waals surface area contributed by atoms with Crippen molar-refractivity contribution in [1.82, 2.24) is 10.2 Å². The molecule has 19 heavy (non-hydrogen) atoms. The lowest BCUT2D eigenvalue weighted by Crippen LogP contribution is -2.48. The Labute approximate surface area is 118 Å². The molecule has 0 aromatic rings. The second kappa shape index (κ2) is 7.87. The minimum atomic E-state index is 0.246. The molecule has 3 nitrogen and oxygen atoms in total. The largest absolute Gasteiger partial charge is 0.310 e. The van der Waals surface area contributed by atoms with E-state index < -0.39 is 0 Å². The van der Waals surface area contributed by atoms with Gasteiger partial charge in [-0.2, -0.15) is 5.26 Å². The van der Waals surface area contributed by atoms with Gasteiger partial charge in [0.1, 0.15) is 0 Å². The number of nitriles is 1. The van der Waals surface area contributed by atoms with Gasteiger partial charge in [0.2, 0.25) is 0 Å². The van der Waals surface area contributed by atoms with Crippen LogP contribution in [0.5, 0.6) is 0 Å². The van der Waals surface area contributed by atoms with E-state index >= 15 is 0 Å². The maximum Gasteiger partial charge on any atom is 0.0672 e. The summed E-state index contributed by atoms with van der Waals surface area (Å²) in [5.41, 5.74) is 0.